The van der Waals surface area contributed by atoms with E-state index in [0.29, 0.717) is 29.4 Å². The van der Waals surface area contributed by atoms with E-state index in [4.69, 9.17) is 14.2 Å². The monoisotopic (exact) mass is 447 g/mol. The molecule has 0 fully saturated rings. The number of rotatable bonds is 10. The maximum absolute atomic E-state index is 12.3. The van der Waals surface area contributed by atoms with Crippen molar-refractivity contribution in [2.24, 2.45) is 5.10 Å². The van der Waals surface area contributed by atoms with Gasteiger partial charge in [-0.2, -0.15) is 5.10 Å². The summed E-state index contributed by atoms with van der Waals surface area (Å²) in [6.07, 6.45) is 1.50. The van der Waals surface area contributed by atoms with Gasteiger partial charge < -0.3 is 19.5 Å². The van der Waals surface area contributed by atoms with Crippen LogP contribution in [0.2, 0.25) is 0 Å². The van der Waals surface area contributed by atoms with Crippen molar-refractivity contribution in [3.05, 3.63) is 89.5 Å². The van der Waals surface area contributed by atoms with Gasteiger partial charge in [0.25, 0.3) is 11.8 Å². The number of nitrogens with zero attached hydrogens (tertiary/aromatic N) is 1. The minimum Gasteiger partial charge on any atom is -0.493 e. The molecule has 8 heteroatoms. The molecule has 0 aliphatic heterocycles. The lowest BCUT2D eigenvalue weighted by Gasteiger charge is -2.09. The Kier molecular flexibility index (Phi) is 8.41. The molecular weight excluding hydrogens is 422 g/mol. The third-order valence-electron chi connectivity index (χ3n) is 4.56. The highest BCUT2D eigenvalue weighted by atomic mass is 16.5. The van der Waals surface area contributed by atoms with Crippen LogP contribution in [-0.2, 0) is 11.4 Å². The predicted octanol–water partition coefficient (Wildman–Crippen LogP) is 3.16. The van der Waals surface area contributed by atoms with Gasteiger partial charge in [0.05, 0.1) is 27.0 Å². The molecule has 2 N–H and O–H groups in total. The number of nitrogens with one attached hydrogen (secondary N) is 2. The molecule has 3 aromatic carbocycles. The summed E-state index contributed by atoms with van der Waals surface area (Å²) in [6.45, 7) is 0.225. The molecule has 0 bridgehead atoms. The van der Waals surface area contributed by atoms with Crippen molar-refractivity contribution in [3.8, 4) is 17.2 Å². The van der Waals surface area contributed by atoms with E-state index in [1.165, 1.54) is 26.5 Å². The average Bonchev–Trinajstić information content (AvgIpc) is 2.86. The molecule has 170 valence electrons. The van der Waals surface area contributed by atoms with E-state index >= 15 is 0 Å². The summed E-state index contributed by atoms with van der Waals surface area (Å²) in [5.74, 6) is 0.746. The van der Waals surface area contributed by atoms with Crippen LogP contribution in [0.25, 0.3) is 0 Å². The lowest BCUT2D eigenvalue weighted by atomic mass is 10.2. The van der Waals surface area contributed by atoms with Crippen LogP contribution in [-0.4, -0.2) is 38.8 Å². The Hall–Kier alpha value is -4.33. The summed E-state index contributed by atoms with van der Waals surface area (Å²) in [7, 11) is 2.99. The van der Waals surface area contributed by atoms with E-state index in [0.717, 1.165) is 11.1 Å². The second kappa shape index (κ2) is 11.9. The van der Waals surface area contributed by atoms with E-state index < -0.39 is 11.8 Å². The van der Waals surface area contributed by atoms with Crippen LogP contribution in [0.15, 0.2) is 77.9 Å². The zero-order valence-corrected chi connectivity index (χ0v) is 18.4. The lowest BCUT2D eigenvalue weighted by Crippen LogP contribution is -2.34. The molecule has 33 heavy (non-hydrogen) atoms. The van der Waals surface area contributed by atoms with Gasteiger partial charge in [0.1, 0.15) is 12.4 Å². The third kappa shape index (κ3) is 7.10. The normalized spacial score (nSPS) is 10.5. The standard InChI is InChI=1S/C25H25N3O5/c1-31-22-12-11-20(14-23(22)32-2)25(30)26-16-24(29)28-27-15-19-9-6-10-21(13-19)33-17-18-7-4-3-5-8-18/h3-15H,16-17H2,1-2H3,(H,26,30)(H,28,29). The molecule has 0 atom stereocenters. The van der Waals surface area contributed by atoms with E-state index in [1.807, 2.05) is 54.6 Å². The lowest BCUT2D eigenvalue weighted by molar-refractivity contribution is -0.120. The molecule has 8 nitrogen and oxygen atoms in total. The second-order valence-electron chi connectivity index (χ2n) is 6.89. The Bertz CT molecular complexity index is 1120. The smallest absolute Gasteiger partial charge is 0.259 e. The van der Waals surface area contributed by atoms with Gasteiger partial charge in [-0.15, -0.1) is 0 Å². The quantitative estimate of drug-likeness (QED) is 0.368. The van der Waals surface area contributed by atoms with E-state index in [2.05, 4.69) is 15.8 Å². The number of carbonyl (C=O) groups is 2. The summed E-state index contributed by atoms with van der Waals surface area (Å²) in [6, 6.07) is 21.9. The molecule has 0 unspecified atom stereocenters. The van der Waals surface area contributed by atoms with E-state index in [9.17, 15) is 9.59 Å². The van der Waals surface area contributed by atoms with Crippen LogP contribution in [0.3, 0.4) is 0 Å². The summed E-state index contributed by atoms with van der Waals surface area (Å²) < 4.78 is 16.1. The molecule has 0 saturated carbocycles. The number of hydrazone groups is 1. The van der Waals surface area contributed by atoms with Gasteiger partial charge in [0.15, 0.2) is 11.5 Å². The number of methoxy groups -OCH3 is 2. The van der Waals surface area contributed by atoms with E-state index in [1.54, 1.807) is 12.1 Å². The molecule has 0 saturated heterocycles. The van der Waals surface area contributed by atoms with Crippen molar-refractivity contribution in [1.82, 2.24) is 10.7 Å². The van der Waals surface area contributed by atoms with Gasteiger partial charge in [0, 0.05) is 5.56 Å². The molecule has 0 aliphatic carbocycles. The van der Waals surface area contributed by atoms with Crippen LogP contribution in [0, 0.1) is 0 Å². The average molecular weight is 447 g/mol. The molecule has 0 aromatic heterocycles. The number of ether oxygens (including phenoxy) is 3. The highest BCUT2D eigenvalue weighted by Gasteiger charge is 2.11. The zero-order chi connectivity index (χ0) is 23.5. The Morgan fingerprint density at radius 2 is 1.70 bits per heavy atom. The summed E-state index contributed by atoms with van der Waals surface area (Å²) >= 11 is 0. The zero-order valence-electron chi connectivity index (χ0n) is 18.4. The molecule has 0 heterocycles. The van der Waals surface area contributed by atoms with E-state index in [-0.39, 0.29) is 6.54 Å². The highest BCUT2D eigenvalue weighted by Crippen LogP contribution is 2.27. The third-order valence-corrected chi connectivity index (χ3v) is 4.56. The van der Waals surface area contributed by atoms with Gasteiger partial charge in [-0.05, 0) is 41.5 Å². The fourth-order valence-electron chi connectivity index (χ4n) is 2.88. The van der Waals surface area contributed by atoms with Crippen LogP contribution in [0.4, 0.5) is 0 Å². The molecule has 3 aromatic rings. The number of benzene rings is 3. The highest BCUT2D eigenvalue weighted by molar-refractivity contribution is 5.97. The SMILES string of the molecule is COc1ccc(C(=O)NCC(=O)NN=Cc2cccc(OCc3ccccc3)c2)cc1OC. The topological polar surface area (TPSA) is 98.2 Å². The second-order valence-corrected chi connectivity index (χ2v) is 6.89. The first kappa shape index (κ1) is 23.3. The fourth-order valence-corrected chi connectivity index (χ4v) is 2.88. The Morgan fingerprint density at radius 1 is 0.909 bits per heavy atom. The Morgan fingerprint density at radius 3 is 2.45 bits per heavy atom. The molecule has 0 spiro atoms. The minimum absolute atomic E-state index is 0.231. The van der Waals surface area contributed by atoms with Crippen molar-refractivity contribution in [3.63, 3.8) is 0 Å². The number of carbonyl (C=O) groups excluding carboxylic acids is 2. The maximum Gasteiger partial charge on any atom is 0.259 e. The van der Waals surface area contributed by atoms with Gasteiger partial charge >= 0.3 is 0 Å². The first-order chi connectivity index (χ1) is 16.1. The number of amides is 2. The minimum atomic E-state index is -0.462. The maximum atomic E-state index is 12.3. The van der Waals surface area contributed by atoms with Crippen LogP contribution >= 0.6 is 0 Å². The fraction of sp³-hybridized carbons (Fsp3) is 0.160. The van der Waals surface area contributed by atoms with Crippen molar-refractivity contribution in [2.45, 2.75) is 6.61 Å². The molecule has 0 radical (unpaired) electrons. The molecule has 3 rings (SSSR count). The van der Waals surface area contributed by atoms with Gasteiger partial charge in [0.2, 0.25) is 0 Å². The van der Waals surface area contributed by atoms with Gasteiger partial charge in [-0.1, -0.05) is 42.5 Å². The van der Waals surface area contributed by atoms with Crippen LogP contribution in [0.1, 0.15) is 21.5 Å². The van der Waals surface area contributed by atoms with Crippen LogP contribution < -0.4 is 25.0 Å². The van der Waals surface area contributed by atoms with Crippen molar-refractivity contribution >= 4 is 18.0 Å². The van der Waals surface area contributed by atoms with Crippen molar-refractivity contribution < 1.29 is 23.8 Å². The summed E-state index contributed by atoms with van der Waals surface area (Å²) in [4.78, 5) is 24.3. The van der Waals surface area contributed by atoms with Gasteiger partial charge in [-0.3, -0.25) is 9.59 Å². The predicted molar refractivity (Wildman–Crippen MR) is 125 cm³/mol. The number of hydrogen-bond donors (Lipinski definition) is 2. The Balaban J connectivity index is 1.46. The first-order valence-corrected chi connectivity index (χ1v) is 10.2. The number of hydrogen-bond acceptors (Lipinski definition) is 6. The molecule has 0 aliphatic rings. The van der Waals surface area contributed by atoms with Crippen molar-refractivity contribution in [1.29, 1.82) is 0 Å². The van der Waals surface area contributed by atoms with Crippen LogP contribution in [0.5, 0.6) is 17.2 Å². The van der Waals surface area contributed by atoms with Gasteiger partial charge in [-0.25, -0.2) is 5.43 Å². The summed E-state index contributed by atoms with van der Waals surface area (Å²) in [5, 5.41) is 6.47. The Labute approximate surface area is 192 Å². The van der Waals surface area contributed by atoms with Crippen molar-refractivity contribution in [2.75, 3.05) is 20.8 Å². The molecular formula is C25H25N3O5. The first-order valence-electron chi connectivity index (χ1n) is 10.2. The molecule has 2 amide bonds. The summed E-state index contributed by atoms with van der Waals surface area (Å²) in [5.41, 5.74) is 4.56. The largest absolute Gasteiger partial charge is 0.493 e.